The summed E-state index contributed by atoms with van der Waals surface area (Å²) in [5.41, 5.74) is 4.36. The maximum atomic E-state index is 12.8. The third-order valence-corrected chi connectivity index (χ3v) is 5.76. The number of carbonyl (C=O) groups excluding carboxylic acids is 3. The van der Waals surface area contributed by atoms with Gasteiger partial charge in [-0.3, -0.25) is 0 Å². The number of hydrogen-bond acceptors (Lipinski definition) is 7. The summed E-state index contributed by atoms with van der Waals surface area (Å²) in [6.45, 7) is 9.24. The van der Waals surface area contributed by atoms with Crippen molar-refractivity contribution in [2.75, 3.05) is 19.0 Å². The van der Waals surface area contributed by atoms with Crippen molar-refractivity contribution in [1.82, 2.24) is 16.1 Å². The van der Waals surface area contributed by atoms with Crippen LogP contribution in [-0.4, -0.2) is 43.1 Å². The number of aromatic hydroxyl groups is 1. The number of allylic oxidation sites excluding steroid dienone is 1. The lowest BCUT2D eigenvalue weighted by molar-refractivity contribution is -0.139. The molecule has 1 atom stereocenters. The van der Waals surface area contributed by atoms with Gasteiger partial charge in [-0.1, -0.05) is 26.8 Å². The second-order valence-corrected chi connectivity index (χ2v) is 9.60. The van der Waals surface area contributed by atoms with E-state index < -0.39 is 29.5 Å². The van der Waals surface area contributed by atoms with Gasteiger partial charge in [0.1, 0.15) is 11.5 Å². The second kappa shape index (κ2) is 11.7. The number of amides is 4. The molecule has 1 unspecified atom stereocenters. The van der Waals surface area contributed by atoms with Crippen LogP contribution in [-0.2, 0) is 14.9 Å². The highest BCUT2D eigenvalue weighted by atomic mass is 16.5. The molecule has 0 spiro atoms. The minimum Gasteiger partial charge on any atom is -0.507 e. The van der Waals surface area contributed by atoms with Gasteiger partial charge in [0.05, 0.1) is 31.5 Å². The molecule has 11 heteroatoms. The summed E-state index contributed by atoms with van der Waals surface area (Å²) in [7, 11) is 1.53. The molecule has 2 aromatic carbocycles. The molecule has 38 heavy (non-hydrogen) atoms. The average Bonchev–Trinajstić information content (AvgIpc) is 2.84. The second-order valence-electron chi connectivity index (χ2n) is 9.60. The number of ether oxygens (including phenoxy) is 2. The van der Waals surface area contributed by atoms with Gasteiger partial charge in [-0.15, -0.1) is 0 Å². The van der Waals surface area contributed by atoms with E-state index in [1.807, 2.05) is 20.8 Å². The number of rotatable bonds is 7. The zero-order valence-corrected chi connectivity index (χ0v) is 22.3. The predicted molar refractivity (Wildman–Crippen MR) is 143 cm³/mol. The maximum absolute atomic E-state index is 12.8. The Hall–Kier alpha value is -4.54. The molecule has 0 aliphatic carbocycles. The van der Waals surface area contributed by atoms with Crippen molar-refractivity contribution in [3.05, 3.63) is 64.4 Å². The van der Waals surface area contributed by atoms with Gasteiger partial charge in [-0.2, -0.15) is 5.10 Å². The monoisotopic (exact) mass is 523 g/mol. The topological polar surface area (TPSA) is 150 Å². The lowest BCUT2D eigenvalue weighted by Gasteiger charge is -2.30. The smallest absolute Gasteiger partial charge is 0.339 e. The van der Waals surface area contributed by atoms with Crippen LogP contribution in [0.25, 0.3) is 0 Å². The molecule has 0 saturated carbocycles. The quantitative estimate of drug-likeness (QED) is 0.210. The van der Waals surface area contributed by atoms with Gasteiger partial charge in [-0.25, -0.2) is 19.8 Å². The summed E-state index contributed by atoms with van der Waals surface area (Å²) >= 11 is 0. The molecule has 0 saturated heterocycles. The number of benzene rings is 2. The lowest BCUT2D eigenvalue weighted by atomic mass is 9.82. The highest BCUT2D eigenvalue weighted by molar-refractivity contribution is 5.95. The van der Waals surface area contributed by atoms with E-state index in [1.54, 1.807) is 50.2 Å². The van der Waals surface area contributed by atoms with Crippen molar-refractivity contribution in [3.63, 3.8) is 0 Å². The minimum absolute atomic E-state index is 0.0429. The van der Waals surface area contributed by atoms with E-state index in [2.05, 4.69) is 26.5 Å². The Morgan fingerprint density at radius 1 is 1.21 bits per heavy atom. The molecule has 5 N–H and O–H groups in total. The van der Waals surface area contributed by atoms with Gasteiger partial charge in [0.2, 0.25) is 0 Å². The number of methoxy groups -OCH3 is 1. The molecule has 202 valence electrons. The maximum Gasteiger partial charge on any atom is 0.339 e. The normalized spacial score (nSPS) is 15.5. The minimum atomic E-state index is -0.832. The van der Waals surface area contributed by atoms with Gasteiger partial charge in [0.25, 0.3) is 0 Å². The zero-order chi connectivity index (χ0) is 28.0. The van der Waals surface area contributed by atoms with Crippen molar-refractivity contribution in [1.29, 1.82) is 0 Å². The first-order valence-corrected chi connectivity index (χ1v) is 12.0. The lowest BCUT2D eigenvalue weighted by Crippen LogP contribution is -2.45. The first kappa shape index (κ1) is 28.0. The van der Waals surface area contributed by atoms with Gasteiger partial charge in [0, 0.05) is 28.6 Å². The van der Waals surface area contributed by atoms with E-state index in [1.165, 1.54) is 13.3 Å². The summed E-state index contributed by atoms with van der Waals surface area (Å²) in [6, 6.07) is 8.25. The van der Waals surface area contributed by atoms with Crippen LogP contribution in [0.1, 0.15) is 57.4 Å². The molecule has 2 aromatic rings. The Kier molecular flexibility index (Phi) is 8.61. The van der Waals surface area contributed by atoms with Crippen LogP contribution in [0, 0.1) is 0 Å². The van der Waals surface area contributed by atoms with Crippen LogP contribution < -0.4 is 26.1 Å². The van der Waals surface area contributed by atoms with E-state index in [-0.39, 0.29) is 23.5 Å². The molecule has 1 aliphatic rings. The van der Waals surface area contributed by atoms with Gasteiger partial charge in [0.15, 0.2) is 0 Å². The van der Waals surface area contributed by atoms with Crippen molar-refractivity contribution in [2.45, 2.75) is 46.1 Å². The molecular formula is C27H33N5O6. The number of nitrogens with one attached hydrogen (secondary N) is 4. The number of phenols is 1. The third kappa shape index (κ3) is 6.61. The zero-order valence-electron chi connectivity index (χ0n) is 22.3. The molecule has 11 nitrogen and oxygen atoms in total. The summed E-state index contributed by atoms with van der Waals surface area (Å²) in [5.74, 6) is -0.0307. The van der Waals surface area contributed by atoms with Crippen molar-refractivity contribution < 1.29 is 29.0 Å². The van der Waals surface area contributed by atoms with Crippen LogP contribution in [0.4, 0.5) is 15.3 Å². The van der Waals surface area contributed by atoms with E-state index in [4.69, 9.17) is 9.47 Å². The number of urea groups is 2. The predicted octanol–water partition coefficient (Wildman–Crippen LogP) is 4.04. The first-order valence-electron chi connectivity index (χ1n) is 12.0. The number of esters is 1. The standard InChI is InChI=1S/C27H33N5O6/c1-7-38-24(34)21-15(2)29-25(35)31-22(21)16-11-17(23(33)20(12-16)27(3,4)5)14-28-32-26(36)30-18-9-8-10-19(13-18)37-6/h8-14,22,33H,7H2,1-6H3,(H2,29,31,35)(H2,30,32,36)/b28-14+. The van der Waals surface area contributed by atoms with Crippen LogP contribution in [0.3, 0.4) is 0 Å². The van der Waals surface area contributed by atoms with E-state index in [0.29, 0.717) is 28.3 Å². The fraction of sp³-hybridized carbons (Fsp3) is 0.333. The van der Waals surface area contributed by atoms with E-state index in [0.717, 1.165) is 0 Å². The summed E-state index contributed by atoms with van der Waals surface area (Å²) in [5, 5.41) is 23.0. The number of hydrazone groups is 1. The van der Waals surface area contributed by atoms with Gasteiger partial charge < -0.3 is 30.5 Å². The Bertz CT molecular complexity index is 1300. The number of nitrogens with zero attached hydrogens (tertiary/aromatic N) is 1. The molecule has 0 aromatic heterocycles. The summed E-state index contributed by atoms with van der Waals surface area (Å²) in [6.07, 6.45) is 1.29. The number of phenolic OH excluding ortho intramolecular Hbond substituents is 1. The van der Waals surface area contributed by atoms with Crippen LogP contribution in [0.15, 0.2) is 52.8 Å². The van der Waals surface area contributed by atoms with Crippen LogP contribution in [0.2, 0.25) is 0 Å². The molecule has 1 heterocycles. The largest absolute Gasteiger partial charge is 0.507 e. The van der Waals surface area contributed by atoms with Gasteiger partial charge in [-0.05, 0) is 49.1 Å². The molecule has 0 fully saturated rings. The van der Waals surface area contributed by atoms with E-state index >= 15 is 0 Å². The summed E-state index contributed by atoms with van der Waals surface area (Å²) in [4.78, 5) is 37.4. The Morgan fingerprint density at radius 3 is 2.61 bits per heavy atom. The van der Waals surface area contributed by atoms with Crippen LogP contribution in [0.5, 0.6) is 11.5 Å². The number of carbonyl (C=O) groups is 3. The third-order valence-electron chi connectivity index (χ3n) is 5.76. The fourth-order valence-corrected chi connectivity index (χ4v) is 3.96. The molecular weight excluding hydrogens is 490 g/mol. The Labute approximate surface area is 221 Å². The molecule has 3 rings (SSSR count). The van der Waals surface area contributed by atoms with Crippen molar-refractivity contribution in [3.8, 4) is 11.5 Å². The Balaban J connectivity index is 1.95. The highest BCUT2D eigenvalue weighted by Crippen LogP contribution is 2.37. The molecule has 0 radical (unpaired) electrons. The van der Waals surface area contributed by atoms with Crippen LogP contribution >= 0.6 is 0 Å². The summed E-state index contributed by atoms with van der Waals surface area (Å²) < 4.78 is 10.4. The van der Waals surface area contributed by atoms with Gasteiger partial charge >= 0.3 is 18.0 Å². The van der Waals surface area contributed by atoms with Crippen molar-refractivity contribution >= 4 is 29.9 Å². The fourth-order valence-electron chi connectivity index (χ4n) is 3.96. The SMILES string of the molecule is CCOC(=O)C1=C(C)NC(=O)NC1c1cc(/C=N/NC(=O)Nc2cccc(OC)c2)c(O)c(C(C)(C)C)c1. The number of hydrogen-bond donors (Lipinski definition) is 5. The molecule has 0 bridgehead atoms. The molecule has 4 amide bonds. The van der Waals surface area contributed by atoms with E-state index in [9.17, 15) is 19.5 Å². The first-order chi connectivity index (χ1) is 17.9. The Morgan fingerprint density at radius 2 is 1.95 bits per heavy atom. The van der Waals surface area contributed by atoms with Crippen molar-refractivity contribution in [2.24, 2.45) is 5.10 Å². The average molecular weight is 524 g/mol. The molecule has 1 aliphatic heterocycles. The highest BCUT2D eigenvalue weighted by Gasteiger charge is 2.34. The number of anilines is 1.